The number of aromatic nitrogens is 3. The smallest absolute Gasteiger partial charge is 0.213 e. The van der Waals surface area contributed by atoms with Crippen molar-refractivity contribution in [3.05, 3.63) is 35.4 Å². The molecule has 17 heavy (non-hydrogen) atoms. The highest BCUT2D eigenvalue weighted by Crippen LogP contribution is 2.32. The Morgan fingerprint density at radius 2 is 2.24 bits per heavy atom. The van der Waals surface area contributed by atoms with E-state index in [9.17, 15) is 9.50 Å². The van der Waals surface area contributed by atoms with Crippen molar-refractivity contribution in [2.24, 2.45) is 0 Å². The Balaban J connectivity index is 2.35. The van der Waals surface area contributed by atoms with Crippen molar-refractivity contribution in [1.82, 2.24) is 15.2 Å². The summed E-state index contributed by atoms with van der Waals surface area (Å²) < 4.78 is 13.6. The molecule has 0 aliphatic rings. The second-order valence-electron chi connectivity index (χ2n) is 3.63. The van der Waals surface area contributed by atoms with Gasteiger partial charge in [-0.3, -0.25) is 5.10 Å². The van der Waals surface area contributed by atoms with Crippen molar-refractivity contribution in [2.75, 3.05) is 0 Å². The zero-order valence-electron chi connectivity index (χ0n) is 9.44. The molecule has 0 bridgehead atoms. The Hall–Kier alpha value is -1.40. The number of benzene rings is 1. The average Bonchev–Trinajstić information content (AvgIpc) is 2.63. The molecule has 2 N–H and O–H groups in total. The number of hydrogen-bond acceptors (Lipinski definition) is 4. The van der Waals surface area contributed by atoms with Crippen LogP contribution in [0.2, 0.25) is 0 Å². The molecule has 6 heteroatoms. The fraction of sp³-hybridized carbons (Fsp3) is 0.273. The van der Waals surface area contributed by atoms with E-state index in [1.165, 1.54) is 24.8 Å². The summed E-state index contributed by atoms with van der Waals surface area (Å²) in [6, 6.07) is 4.67. The molecular weight excluding hydrogens is 241 g/mol. The molecular formula is C11H12FN3OS. The number of aliphatic hydroxyl groups excluding tert-OH is 1. The molecule has 0 spiro atoms. The highest BCUT2D eigenvalue weighted by Gasteiger charge is 2.15. The lowest BCUT2D eigenvalue weighted by Gasteiger charge is -2.10. The van der Waals surface area contributed by atoms with Crippen LogP contribution in [0.1, 0.15) is 24.4 Å². The van der Waals surface area contributed by atoms with Crippen molar-refractivity contribution in [3.63, 3.8) is 0 Å². The lowest BCUT2D eigenvalue weighted by Crippen LogP contribution is -1.98. The minimum Gasteiger partial charge on any atom is -0.389 e. The van der Waals surface area contributed by atoms with Crippen molar-refractivity contribution < 1.29 is 9.50 Å². The molecule has 0 saturated heterocycles. The fourth-order valence-electron chi connectivity index (χ4n) is 1.48. The Kier molecular flexibility index (Phi) is 3.44. The van der Waals surface area contributed by atoms with Gasteiger partial charge in [-0.05, 0) is 37.7 Å². The zero-order chi connectivity index (χ0) is 12.4. The number of rotatable bonds is 3. The largest absolute Gasteiger partial charge is 0.389 e. The summed E-state index contributed by atoms with van der Waals surface area (Å²) in [6.07, 6.45) is -0.862. The van der Waals surface area contributed by atoms with Gasteiger partial charge < -0.3 is 5.11 Å². The van der Waals surface area contributed by atoms with Gasteiger partial charge in [-0.25, -0.2) is 9.37 Å². The Morgan fingerprint density at radius 1 is 1.47 bits per heavy atom. The minimum atomic E-state index is -0.862. The van der Waals surface area contributed by atoms with E-state index >= 15 is 0 Å². The third-order valence-corrected chi connectivity index (χ3v) is 3.15. The van der Waals surface area contributed by atoms with Crippen LogP contribution in [0, 0.1) is 12.7 Å². The molecule has 0 aliphatic carbocycles. The summed E-state index contributed by atoms with van der Waals surface area (Å²) in [5, 5.41) is 16.8. The molecule has 2 rings (SSSR count). The van der Waals surface area contributed by atoms with Gasteiger partial charge in [-0.2, -0.15) is 0 Å². The molecule has 0 aliphatic heterocycles. The van der Waals surface area contributed by atoms with Crippen LogP contribution in [-0.2, 0) is 0 Å². The van der Waals surface area contributed by atoms with Crippen LogP contribution in [0.25, 0.3) is 0 Å². The third-order valence-electron chi connectivity index (χ3n) is 2.21. The summed E-state index contributed by atoms with van der Waals surface area (Å²) in [5.41, 5.74) is 0.278. The minimum absolute atomic E-state index is 0.278. The SMILES string of the molecule is Cc1nc(Sc2cccc(F)c2[C@@H](C)O)n[nH]1. The first-order valence-electron chi connectivity index (χ1n) is 5.11. The molecule has 1 atom stereocenters. The highest BCUT2D eigenvalue weighted by molar-refractivity contribution is 7.99. The summed E-state index contributed by atoms with van der Waals surface area (Å²) in [7, 11) is 0. The third kappa shape index (κ3) is 2.65. The Morgan fingerprint density at radius 3 is 2.82 bits per heavy atom. The Bertz CT molecular complexity index is 527. The van der Waals surface area contributed by atoms with Crippen LogP contribution in [0.3, 0.4) is 0 Å². The van der Waals surface area contributed by atoms with Crippen LogP contribution >= 0.6 is 11.8 Å². The number of aromatic amines is 1. The molecule has 1 aromatic carbocycles. The number of hydrogen-bond donors (Lipinski definition) is 2. The van der Waals surface area contributed by atoms with Crippen LogP contribution in [0.15, 0.2) is 28.3 Å². The molecule has 2 aromatic rings. The van der Waals surface area contributed by atoms with Gasteiger partial charge in [-0.1, -0.05) is 6.07 Å². The van der Waals surface area contributed by atoms with Crippen LogP contribution in [0.5, 0.6) is 0 Å². The number of nitrogens with one attached hydrogen (secondary N) is 1. The van der Waals surface area contributed by atoms with E-state index in [2.05, 4.69) is 15.2 Å². The maximum Gasteiger partial charge on any atom is 0.213 e. The highest BCUT2D eigenvalue weighted by atomic mass is 32.2. The normalized spacial score (nSPS) is 12.7. The van der Waals surface area contributed by atoms with Crippen molar-refractivity contribution in [3.8, 4) is 0 Å². The number of aliphatic hydroxyl groups is 1. The van der Waals surface area contributed by atoms with Crippen molar-refractivity contribution >= 4 is 11.8 Å². The zero-order valence-corrected chi connectivity index (χ0v) is 10.3. The van der Waals surface area contributed by atoms with Crippen LogP contribution in [-0.4, -0.2) is 20.3 Å². The van der Waals surface area contributed by atoms with Gasteiger partial charge in [0.15, 0.2) is 0 Å². The van der Waals surface area contributed by atoms with E-state index in [0.29, 0.717) is 15.9 Å². The maximum absolute atomic E-state index is 13.6. The van der Waals surface area contributed by atoms with E-state index in [1.807, 2.05) is 0 Å². The molecule has 1 heterocycles. The van der Waals surface area contributed by atoms with Gasteiger partial charge in [-0.15, -0.1) is 5.10 Å². The van der Waals surface area contributed by atoms with Gasteiger partial charge in [0.05, 0.1) is 6.10 Å². The van der Waals surface area contributed by atoms with E-state index in [4.69, 9.17) is 0 Å². The summed E-state index contributed by atoms with van der Waals surface area (Å²) in [5.74, 6) is 0.278. The number of halogens is 1. The molecule has 0 radical (unpaired) electrons. The predicted molar refractivity (Wildman–Crippen MR) is 62.3 cm³/mol. The molecule has 0 fully saturated rings. The number of aryl methyl sites for hydroxylation is 1. The van der Waals surface area contributed by atoms with Crippen LogP contribution < -0.4 is 0 Å². The van der Waals surface area contributed by atoms with Crippen molar-refractivity contribution in [2.45, 2.75) is 30.0 Å². The first-order chi connectivity index (χ1) is 8.08. The second-order valence-corrected chi connectivity index (χ2v) is 4.64. The standard InChI is InChI=1S/C11H12FN3OS/c1-6(16)10-8(12)4-3-5-9(10)17-11-13-7(2)14-15-11/h3-6,16H,1-2H3,(H,13,14,15)/t6-/m1/s1. The van der Waals surface area contributed by atoms with Gasteiger partial charge in [0.2, 0.25) is 5.16 Å². The maximum atomic E-state index is 13.6. The van der Waals surface area contributed by atoms with E-state index in [1.54, 1.807) is 19.1 Å². The first kappa shape index (κ1) is 12.1. The number of H-pyrrole nitrogens is 1. The average molecular weight is 253 g/mol. The molecule has 90 valence electrons. The monoisotopic (exact) mass is 253 g/mol. The Labute approximate surface area is 102 Å². The summed E-state index contributed by atoms with van der Waals surface area (Å²) >= 11 is 1.22. The van der Waals surface area contributed by atoms with Crippen LogP contribution in [0.4, 0.5) is 4.39 Å². The topological polar surface area (TPSA) is 61.8 Å². The molecule has 0 amide bonds. The van der Waals surface area contributed by atoms with Gasteiger partial charge in [0.25, 0.3) is 0 Å². The lowest BCUT2D eigenvalue weighted by atomic mass is 10.1. The van der Waals surface area contributed by atoms with Gasteiger partial charge >= 0.3 is 0 Å². The van der Waals surface area contributed by atoms with E-state index < -0.39 is 11.9 Å². The molecule has 0 saturated carbocycles. The fourth-order valence-corrected chi connectivity index (χ4v) is 2.47. The predicted octanol–water partition coefficient (Wildman–Crippen LogP) is 2.46. The van der Waals surface area contributed by atoms with E-state index in [-0.39, 0.29) is 5.56 Å². The number of nitrogens with zero attached hydrogens (tertiary/aromatic N) is 2. The first-order valence-corrected chi connectivity index (χ1v) is 5.93. The van der Waals surface area contributed by atoms with Gasteiger partial charge in [0.1, 0.15) is 11.6 Å². The summed E-state index contributed by atoms with van der Waals surface area (Å²) in [4.78, 5) is 4.75. The molecule has 0 unspecified atom stereocenters. The lowest BCUT2D eigenvalue weighted by molar-refractivity contribution is 0.191. The van der Waals surface area contributed by atoms with Crippen molar-refractivity contribution in [1.29, 1.82) is 0 Å². The molecule has 1 aromatic heterocycles. The quantitative estimate of drug-likeness (QED) is 0.882. The van der Waals surface area contributed by atoms with E-state index in [0.717, 1.165) is 0 Å². The van der Waals surface area contributed by atoms with Gasteiger partial charge in [0, 0.05) is 10.5 Å². The molecule has 4 nitrogen and oxygen atoms in total. The second kappa shape index (κ2) is 4.85. The summed E-state index contributed by atoms with van der Waals surface area (Å²) in [6.45, 7) is 3.32.